The first-order chi connectivity index (χ1) is 14.2. The van der Waals surface area contributed by atoms with Gasteiger partial charge in [0.1, 0.15) is 5.58 Å². The highest BCUT2D eigenvalue weighted by molar-refractivity contribution is 7.08. The van der Waals surface area contributed by atoms with E-state index in [4.69, 9.17) is 4.42 Å². The van der Waals surface area contributed by atoms with Gasteiger partial charge in [-0.05, 0) is 40.4 Å². The number of quaternary nitrogens is 1. The molecule has 1 unspecified atom stereocenters. The van der Waals surface area contributed by atoms with Crippen molar-refractivity contribution in [3.05, 3.63) is 69.0 Å². The number of benzene rings is 1. The van der Waals surface area contributed by atoms with Crippen LogP contribution >= 0.6 is 11.3 Å². The number of halogens is 3. The third-order valence-electron chi connectivity index (χ3n) is 5.13. The average molecular weight is 438 g/mol. The van der Waals surface area contributed by atoms with Crippen LogP contribution in [-0.4, -0.2) is 21.9 Å². The topological polar surface area (TPSA) is 82.3 Å². The van der Waals surface area contributed by atoms with Gasteiger partial charge in [0.15, 0.2) is 5.70 Å². The van der Waals surface area contributed by atoms with Gasteiger partial charge in [0.25, 0.3) is 0 Å². The Kier molecular flexibility index (Phi) is 5.18. The molecule has 30 heavy (non-hydrogen) atoms. The van der Waals surface area contributed by atoms with Gasteiger partial charge >= 0.3 is 11.8 Å². The standard InChI is InChI=1S/C20H18F3N3O3S/c1-2-19(28,20(21,22)23)17-10-26(25-24-17)9-12-3-4-14-15(13-5-6-30-11-13)8-18(27)29-16(14)7-12/h3-8,10-11,24-25,28H,2,9H2,1H3/p+1. The number of hydrogen-bond acceptors (Lipinski definition) is 6. The normalized spacial score (nSPS) is 16.7. The van der Waals surface area contributed by atoms with Crippen molar-refractivity contribution in [2.45, 2.75) is 31.7 Å². The van der Waals surface area contributed by atoms with Crippen LogP contribution in [0.2, 0.25) is 0 Å². The van der Waals surface area contributed by atoms with E-state index in [-0.39, 0.29) is 12.2 Å². The van der Waals surface area contributed by atoms with Crippen molar-refractivity contribution in [3.63, 3.8) is 0 Å². The highest BCUT2D eigenvalue weighted by Crippen LogP contribution is 2.37. The van der Waals surface area contributed by atoms with E-state index in [1.54, 1.807) is 6.07 Å². The van der Waals surface area contributed by atoms with Gasteiger partial charge in [-0.3, -0.25) is 5.01 Å². The average Bonchev–Trinajstić information content (AvgIpc) is 3.38. The fourth-order valence-corrected chi connectivity index (χ4v) is 4.10. The molecule has 10 heteroatoms. The lowest BCUT2D eigenvalue weighted by molar-refractivity contribution is -0.689. The molecule has 0 saturated heterocycles. The molecular formula is C20H19F3N3O3S+. The quantitative estimate of drug-likeness (QED) is 0.422. The second kappa shape index (κ2) is 7.55. The SMILES string of the molecule is CCC(O)(C1=CN(Cc2ccc3c(-c4ccsc4)cc(=O)oc3c2)N[NH2+]1)C(F)(F)F. The summed E-state index contributed by atoms with van der Waals surface area (Å²) < 4.78 is 45.2. The lowest BCUT2D eigenvalue weighted by Gasteiger charge is -2.26. The molecule has 0 fully saturated rings. The number of alkyl halides is 3. The van der Waals surface area contributed by atoms with Gasteiger partial charge in [0, 0.05) is 17.0 Å². The molecule has 2 aromatic heterocycles. The summed E-state index contributed by atoms with van der Waals surface area (Å²) in [5.74, 6) is 0. The highest BCUT2D eigenvalue weighted by atomic mass is 32.1. The van der Waals surface area contributed by atoms with Crippen LogP contribution in [0.5, 0.6) is 0 Å². The number of rotatable bonds is 5. The van der Waals surface area contributed by atoms with E-state index in [1.807, 2.05) is 29.0 Å². The zero-order valence-electron chi connectivity index (χ0n) is 15.9. The molecule has 0 aliphatic carbocycles. The summed E-state index contributed by atoms with van der Waals surface area (Å²) in [7, 11) is 0. The molecule has 0 radical (unpaired) electrons. The van der Waals surface area contributed by atoms with Crippen molar-refractivity contribution in [2.24, 2.45) is 0 Å². The third-order valence-corrected chi connectivity index (χ3v) is 5.82. The summed E-state index contributed by atoms with van der Waals surface area (Å²) in [4.78, 5) is 12.0. The van der Waals surface area contributed by atoms with Gasteiger partial charge in [0.05, 0.1) is 12.7 Å². The summed E-state index contributed by atoms with van der Waals surface area (Å²) in [5, 5.41) is 16.2. The molecular weight excluding hydrogens is 419 g/mol. The summed E-state index contributed by atoms with van der Waals surface area (Å²) in [6, 6.07) is 8.69. The van der Waals surface area contributed by atoms with Crippen LogP contribution in [0.25, 0.3) is 22.1 Å². The molecule has 158 valence electrons. The van der Waals surface area contributed by atoms with E-state index in [2.05, 4.69) is 5.53 Å². The van der Waals surface area contributed by atoms with Crippen molar-refractivity contribution in [3.8, 4) is 11.1 Å². The molecule has 4 N–H and O–H groups in total. The van der Waals surface area contributed by atoms with E-state index in [1.165, 1.54) is 35.5 Å². The van der Waals surface area contributed by atoms with Gasteiger partial charge in [-0.15, -0.1) is 0 Å². The Labute approximate surface area is 173 Å². The first kappa shape index (κ1) is 20.6. The van der Waals surface area contributed by atoms with Crippen LogP contribution in [0.4, 0.5) is 13.2 Å². The van der Waals surface area contributed by atoms with Crippen molar-refractivity contribution >= 4 is 22.3 Å². The fraction of sp³-hybridized carbons (Fsp3) is 0.250. The number of hydrogen-bond donors (Lipinski definition) is 3. The predicted octanol–water partition coefficient (Wildman–Crippen LogP) is 2.86. The summed E-state index contributed by atoms with van der Waals surface area (Å²) >= 11 is 1.52. The van der Waals surface area contributed by atoms with E-state index < -0.39 is 23.8 Å². The number of hydrazine groups is 1. The van der Waals surface area contributed by atoms with Gasteiger partial charge in [-0.2, -0.15) is 24.5 Å². The molecule has 0 spiro atoms. The Balaban J connectivity index is 1.63. The minimum absolute atomic E-state index is 0.208. The zero-order valence-corrected chi connectivity index (χ0v) is 16.7. The fourth-order valence-electron chi connectivity index (χ4n) is 3.44. The largest absolute Gasteiger partial charge is 0.426 e. The van der Waals surface area contributed by atoms with Crippen LogP contribution in [0.15, 0.2) is 62.2 Å². The highest BCUT2D eigenvalue weighted by Gasteiger charge is 2.59. The molecule has 0 saturated carbocycles. The Bertz CT molecular complexity index is 1160. The summed E-state index contributed by atoms with van der Waals surface area (Å²) in [6.07, 6.45) is -4.05. The number of nitrogens with zero attached hydrogens (tertiary/aromatic N) is 1. The van der Waals surface area contributed by atoms with E-state index in [0.717, 1.165) is 27.5 Å². The number of aliphatic hydroxyl groups is 1. The third kappa shape index (κ3) is 3.63. The Hall–Kier alpha value is -2.66. The van der Waals surface area contributed by atoms with E-state index in [0.29, 0.717) is 5.58 Å². The number of fused-ring (bicyclic) bond motifs is 1. The van der Waals surface area contributed by atoms with Gasteiger partial charge in [-0.1, -0.05) is 24.6 Å². The Morgan fingerprint density at radius 2 is 2.07 bits per heavy atom. The Morgan fingerprint density at radius 1 is 1.27 bits per heavy atom. The second-order valence-corrected chi connectivity index (χ2v) is 7.80. The molecule has 6 nitrogen and oxygen atoms in total. The van der Waals surface area contributed by atoms with Crippen LogP contribution in [0, 0.1) is 0 Å². The maximum absolute atomic E-state index is 13.3. The lowest BCUT2D eigenvalue weighted by atomic mass is 9.96. The monoisotopic (exact) mass is 438 g/mol. The smallest absolute Gasteiger partial charge is 0.423 e. The maximum atomic E-state index is 13.3. The number of nitrogens with two attached hydrogens (primary N) is 1. The molecule has 3 aromatic rings. The van der Waals surface area contributed by atoms with Crippen LogP contribution in [0.1, 0.15) is 18.9 Å². The number of nitrogens with one attached hydrogen (secondary N) is 1. The molecule has 3 heterocycles. The van der Waals surface area contributed by atoms with Gasteiger partial charge in [0.2, 0.25) is 5.60 Å². The van der Waals surface area contributed by atoms with Crippen LogP contribution in [-0.2, 0) is 6.54 Å². The zero-order chi connectivity index (χ0) is 21.5. The van der Waals surface area contributed by atoms with Crippen molar-refractivity contribution in [2.75, 3.05) is 0 Å². The minimum atomic E-state index is -4.79. The molecule has 1 aliphatic rings. The Morgan fingerprint density at radius 3 is 2.73 bits per heavy atom. The maximum Gasteiger partial charge on any atom is 0.426 e. The molecule has 1 aromatic carbocycles. The van der Waals surface area contributed by atoms with E-state index >= 15 is 0 Å². The van der Waals surface area contributed by atoms with Crippen molar-refractivity contribution in [1.29, 1.82) is 0 Å². The first-order valence-electron chi connectivity index (χ1n) is 9.18. The minimum Gasteiger partial charge on any atom is -0.423 e. The molecule has 0 bridgehead atoms. The molecule has 1 aliphatic heterocycles. The van der Waals surface area contributed by atoms with Crippen molar-refractivity contribution < 1.29 is 28.1 Å². The second-order valence-electron chi connectivity index (χ2n) is 7.02. The van der Waals surface area contributed by atoms with Crippen molar-refractivity contribution in [1.82, 2.24) is 10.5 Å². The van der Waals surface area contributed by atoms with E-state index in [9.17, 15) is 23.1 Å². The molecule has 0 amide bonds. The predicted molar refractivity (Wildman–Crippen MR) is 106 cm³/mol. The van der Waals surface area contributed by atoms with Gasteiger partial charge in [-0.25, -0.2) is 10.2 Å². The lowest BCUT2D eigenvalue weighted by Crippen LogP contribution is -2.93. The summed E-state index contributed by atoms with van der Waals surface area (Å²) in [5.41, 5.74) is 3.02. The molecule has 4 rings (SSSR count). The van der Waals surface area contributed by atoms with Crippen LogP contribution < -0.4 is 16.6 Å². The summed E-state index contributed by atoms with van der Waals surface area (Å²) in [6.45, 7) is 1.49. The number of thiophene rings is 1. The van der Waals surface area contributed by atoms with Gasteiger partial charge < -0.3 is 9.52 Å². The first-order valence-corrected chi connectivity index (χ1v) is 10.1. The van der Waals surface area contributed by atoms with Crippen LogP contribution in [0.3, 0.4) is 0 Å². The molecule has 1 atom stereocenters.